The molecular formula is C20H21N3O4S. The summed E-state index contributed by atoms with van der Waals surface area (Å²) in [6.45, 7) is 0.692. The highest BCUT2D eigenvalue weighted by Crippen LogP contribution is 2.35. The highest BCUT2D eigenvalue weighted by atomic mass is 32.1. The monoisotopic (exact) mass is 399 g/mol. The van der Waals surface area contributed by atoms with E-state index in [1.807, 2.05) is 0 Å². The summed E-state index contributed by atoms with van der Waals surface area (Å²) in [4.78, 5) is 19.2. The van der Waals surface area contributed by atoms with Crippen LogP contribution in [0.2, 0.25) is 0 Å². The summed E-state index contributed by atoms with van der Waals surface area (Å²) in [5.41, 5.74) is 1.56. The van der Waals surface area contributed by atoms with Crippen molar-refractivity contribution in [1.82, 2.24) is 9.55 Å². The number of aromatic nitrogens is 2. The van der Waals surface area contributed by atoms with Gasteiger partial charge in [-0.15, -0.1) is 0 Å². The molecule has 2 N–H and O–H groups in total. The van der Waals surface area contributed by atoms with Crippen LogP contribution in [0.3, 0.4) is 0 Å². The molecule has 1 aliphatic heterocycles. The summed E-state index contributed by atoms with van der Waals surface area (Å²) in [6.07, 6.45) is 9.01. The Morgan fingerprint density at radius 1 is 1.29 bits per heavy atom. The number of rotatable bonds is 5. The van der Waals surface area contributed by atoms with E-state index in [1.54, 1.807) is 22.8 Å². The van der Waals surface area contributed by atoms with Gasteiger partial charge in [0.05, 0.1) is 5.69 Å². The Morgan fingerprint density at radius 2 is 2.14 bits per heavy atom. The Labute approximate surface area is 167 Å². The van der Waals surface area contributed by atoms with Crippen LogP contribution in [0.1, 0.15) is 37.7 Å². The summed E-state index contributed by atoms with van der Waals surface area (Å²) in [6, 6.07) is 5.22. The molecule has 1 aliphatic carbocycles. The van der Waals surface area contributed by atoms with Crippen molar-refractivity contribution >= 4 is 24.1 Å². The molecule has 2 aliphatic rings. The summed E-state index contributed by atoms with van der Waals surface area (Å²) < 4.78 is 12.4. The minimum absolute atomic E-state index is 0.0730. The maximum atomic E-state index is 12.3. The molecule has 2 aromatic rings. The molecule has 1 aromatic heterocycles. The van der Waals surface area contributed by atoms with Gasteiger partial charge in [-0.05, 0) is 56.5 Å². The molecule has 4 rings (SSSR count). The second-order valence-corrected chi connectivity index (χ2v) is 7.19. The summed E-state index contributed by atoms with van der Waals surface area (Å²) in [7, 11) is 0. The number of fused-ring (bicyclic) bond motifs is 1. The highest BCUT2D eigenvalue weighted by Gasteiger charge is 2.14. The predicted octanol–water partition coefficient (Wildman–Crippen LogP) is 3.98. The lowest BCUT2D eigenvalue weighted by molar-refractivity contribution is 0.174. The zero-order chi connectivity index (χ0) is 19.5. The van der Waals surface area contributed by atoms with E-state index < -0.39 is 5.56 Å². The first-order chi connectivity index (χ1) is 13.6. The second-order valence-electron chi connectivity index (χ2n) is 6.80. The largest absolute Gasteiger partial charge is 0.494 e. The number of allylic oxidation sites excluding steroid dienone is 2. The molecular weight excluding hydrogens is 378 g/mol. The smallest absolute Gasteiger partial charge is 0.264 e. The topological polar surface area (TPSA) is 88.8 Å². The number of ether oxygens (including phenoxy) is 2. The van der Waals surface area contributed by atoms with Crippen LogP contribution in [0.4, 0.5) is 5.69 Å². The SMILES string of the molecule is O=c1[nH]c(=S)n(CCC2=CCCCC2)c(O)c1C=Nc1ccc2c(c1)OCO2. The van der Waals surface area contributed by atoms with Gasteiger partial charge < -0.3 is 14.6 Å². The van der Waals surface area contributed by atoms with Gasteiger partial charge in [0.15, 0.2) is 16.3 Å². The van der Waals surface area contributed by atoms with E-state index in [2.05, 4.69) is 16.1 Å². The molecule has 1 aromatic carbocycles. The number of nitrogens with one attached hydrogen (secondary N) is 1. The summed E-state index contributed by atoms with van der Waals surface area (Å²) >= 11 is 5.24. The first-order valence-electron chi connectivity index (χ1n) is 9.29. The van der Waals surface area contributed by atoms with Crippen LogP contribution >= 0.6 is 12.2 Å². The van der Waals surface area contributed by atoms with E-state index in [-0.39, 0.29) is 23.0 Å². The molecule has 146 valence electrons. The zero-order valence-corrected chi connectivity index (χ0v) is 16.1. The molecule has 8 heteroatoms. The number of H-pyrrole nitrogens is 1. The van der Waals surface area contributed by atoms with Gasteiger partial charge in [0, 0.05) is 18.8 Å². The molecule has 7 nitrogen and oxygen atoms in total. The predicted molar refractivity (Wildman–Crippen MR) is 109 cm³/mol. The quantitative estimate of drug-likeness (QED) is 0.451. The third-order valence-electron chi connectivity index (χ3n) is 4.95. The first-order valence-corrected chi connectivity index (χ1v) is 9.70. The highest BCUT2D eigenvalue weighted by molar-refractivity contribution is 7.71. The van der Waals surface area contributed by atoms with E-state index in [1.165, 1.54) is 24.6 Å². The first kappa shape index (κ1) is 18.5. The fourth-order valence-corrected chi connectivity index (χ4v) is 3.66. The molecule has 0 unspecified atom stereocenters. The van der Waals surface area contributed by atoms with Crippen LogP contribution in [0.15, 0.2) is 39.6 Å². The van der Waals surface area contributed by atoms with Crippen LogP contribution in [-0.4, -0.2) is 27.7 Å². The number of aromatic amines is 1. The number of hydrogen-bond acceptors (Lipinski definition) is 6. The van der Waals surface area contributed by atoms with Crippen molar-refractivity contribution in [2.24, 2.45) is 4.99 Å². The lowest BCUT2D eigenvalue weighted by atomic mass is 9.97. The van der Waals surface area contributed by atoms with Gasteiger partial charge >= 0.3 is 0 Å². The van der Waals surface area contributed by atoms with Crippen LogP contribution in [0, 0.1) is 4.77 Å². The molecule has 0 saturated carbocycles. The van der Waals surface area contributed by atoms with Gasteiger partial charge in [-0.3, -0.25) is 19.3 Å². The van der Waals surface area contributed by atoms with E-state index in [9.17, 15) is 9.90 Å². The van der Waals surface area contributed by atoms with Gasteiger partial charge in [0.1, 0.15) is 5.56 Å². The van der Waals surface area contributed by atoms with Crippen molar-refractivity contribution in [3.05, 3.63) is 50.5 Å². The molecule has 28 heavy (non-hydrogen) atoms. The second kappa shape index (κ2) is 8.02. The third kappa shape index (κ3) is 3.87. The standard InChI is InChI=1S/C20H21N3O4S/c24-18-15(11-21-14-6-7-16-17(10-14)27-12-26-16)19(25)23(20(28)22-18)9-8-13-4-2-1-3-5-13/h4,6-7,10-11,25H,1-3,5,8-9,12H2,(H,22,24,28). The lowest BCUT2D eigenvalue weighted by Crippen LogP contribution is -2.19. The average molecular weight is 399 g/mol. The molecule has 0 radical (unpaired) electrons. The van der Waals surface area contributed by atoms with Gasteiger partial charge in [0.25, 0.3) is 5.56 Å². The fraction of sp³-hybridized carbons (Fsp3) is 0.350. The number of nitrogens with zero attached hydrogens (tertiary/aromatic N) is 2. The van der Waals surface area contributed by atoms with Crippen molar-refractivity contribution in [2.45, 2.75) is 38.6 Å². The van der Waals surface area contributed by atoms with Crippen molar-refractivity contribution in [1.29, 1.82) is 0 Å². The Bertz CT molecular complexity index is 1070. The minimum atomic E-state index is -0.472. The minimum Gasteiger partial charge on any atom is -0.494 e. The molecule has 0 spiro atoms. The van der Waals surface area contributed by atoms with E-state index >= 15 is 0 Å². The summed E-state index contributed by atoms with van der Waals surface area (Å²) in [5, 5.41) is 10.6. The maximum absolute atomic E-state index is 12.3. The van der Waals surface area contributed by atoms with Gasteiger partial charge in [-0.2, -0.15) is 0 Å². The molecule has 2 heterocycles. The fourth-order valence-electron chi connectivity index (χ4n) is 3.39. The zero-order valence-electron chi connectivity index (χ0n) is 15.3. The molecule has 0 saturated heterocycles. The van der Waals surface area contributed by atoms with Crippen molar-refractivity contribution in [3.8, 4) is 17.4 Å². The Hall–Kier alpha value is -2.87. The Kier molecular flexibility index (Phi) is 5.29. The molecule has 0 amide bonds. The number of aliphatic imine (C=N–C) groups is 1. The number of benzene rings is 1. The van der Waals surface area contributed by atoms with Crippen molar-refractivity contribution in [3.63, 3.8) is 0 Å². The van der Waals surface area contributed by atoms with Gasteiger partial charge in [-0.25, -0.2) is 0 Å². The maximum Gasteiger partial charge on any atom is 0.264 e. The van der Waals surface area contributed by atoms with Gasteiger partial charge in [0.2, 0.25) is 12.7 Å². The summed E-state index contributed by atoms with van der Waals surface area (Å²) in [5.74, 6) is 1.09. The van der Waals surface area contributed by atoms with Crippen LogP contribution < -0.4 is 15.0 Å². The van der Waals surface area contributed by atoms with Gasteiger partial charge in [-0.1, -0.05) is 11.6 Å². The van der Waals surface area contributed by atoms with Crippen molar-refractivity contribution in [2.75, 3.05) is 6.79 Å². The van der Waals surface area contributed by atoms with Crippen molar-refractivity contribution < 1.29 is 14.6 Å². The third-order valence-corrected chi connectivity index (χ3v) is 5.27. The van der Waals surface area contributed by atoms with E-state index in [4.69, 9.17) is 21.7 Å². The average Bonchev–Trinajstić information content (AvgIpc) is 3.16. The Morgan fingerprint density at radius 3 is 2.96 bits per heavy atom. The number of aromatic hydroxyl groups is 1. The van der Waals surface area contributed by atoms with E-state index in [0.717, 1.165) is 19.3 Å². The van der Waals surface area contributed by atoms with E-state index in [0.29, 0.717) is 23.7 Å². The van der Waals surface area contributed by atoms with Crippen LogP contribution in [0.5, 0.6) is 17.4 Å². The van der Waals surface area contributed by atoms with Crippen LogP contribution in [0.25, 0.3) is 0 Å². The normalized spacial score (nSPS) is 15.8. The Balaban J connectivity index is 1.59. The van der Waals surface area contributed by atoms with Crippen LogP contribution in [-0.2, 0) is 6.54 Å². The molecule has 0 bridgehead atoms. The molecule has 0 fully saturated rings. The lowest BCUT2D eigenvalue weighted by Gasteiger charge is -2.15. The molecule has 0 atom stereocenters. The number of hydrogen-bond donors (Lipinski definition) is 2.